The Morgan fingerprint density at radius 2 is 2.42 bits per heavy atom. The first-order chi connectivity index (χ1) is 5.77. The zero-order valence-electron chi connectivity index (χ0n) is 6.83. The van der Waals surface area contributed by atoms with E-state index in [2.05, 4.69) is 22.1 Å². The lowest BCUT2D eigenvalue weighted by molar-refractivity contribution is 0.0876. The molecule has 0 radical (unpaired) electrons. The smallest absolute Gasteiger partial charge is 0.213 e. The number of rotatable bonds is 1. The normalized spacial score (nSPS) is 29.4. The Kier molecular flexibility index (Phi) is 1.98. The SMILES string of the molecule is CC1CCOC1c1nc(=S)[nH][nH]1. The topological polar surface area (TPSA) is 53.7 Å². The summed E-state index contributed by atoms with van der Waals surface area (Å²) in [6.45, 7) is 2.97. The Bertz CT molecular complexity index is 318. The van der Waals surface area contributed by atoms with Crippen molar-refractivity contribution < 1.29 is 4.74 Å². The molecule has 0 bridgehead atoms. The van der Waals surface area contributed by atoms with Gasteiger partial charge in [0, 0.05) is 6.61 Å². The standard InChI is InChI=1S/C7H11N3OS/c1-4-2-3-11-5(4)6-8-7(12)10-9-6/h4-5H,2-3H2,1H3,(H2,8,9,10,12). The molecule has 2 rings (SSSR count). The first-order valence-corrected chi connectivity index (χ1v) is 4.44. The third-order valence-electron chi connectivity index (χ3n) is 2.18. The van der Waals surface area contributed by atoms with E-state index in [1.165, 1.54) is 0 Å². The summed E-state index contributed by atoms with van der Waals surface area (Å²) in [6.07, 6.45) is 1.19. The van der Waals surface area contributed by atoms with Crippen molar-refractivity contribution in [3.63, 3.8) is 0 Å². The van der Waals surface area contributed by atoms with Crippen molar-refractivity contribution >= 4 is 12.2 Å². The van der Waals surface area contributed by atoms with Gasteiger partial charge in [0.15, 0.2) is 5.82 Å². The number of aromatic nitrogens is 3. The van der Waals surface area contributed by atoms with Crippen LogP contribution in [0.3, 0.4) is 0 Å². The minimum absolute atomic E-state index is 0.0953. The molecule has 4 nitrogen and oxygen atoms in total. The van der Waals surface area contributed by atoms with Crippen molar-refractivity contribution in [1.82, 2.24) is 15.2 Å². The summed E-state index contributed by atoms with van der Waals surface area (Å²) in [5.41, 5.74) is 0. The summed E-state index contributed by atoms with van der Waals surface area (Å²) in [7, 11) is 0. The predicted molar refractivity (Wildman–Crippen MR) is 46.2 cm³/mol. The Hall–Kier alpha value is -0.680. The number of nitrogens with one attached hydrogen (secondary N) is 2. The Balaban J connectivity index is 2.24. The van der Waals surface area contributed by atoms with Gasteiger partial charge in [-0.25, -0.2) is 4.98 Å². The molecule has 0 saturated carbocycles. The van der Waals surface area contributed by atoms with E-state index < -0.39 is 0 Å². The summed E-state index contributed by atoms with van der Waals surface area (Å²) in [6, 6.07) is 0. The highest BCUT2D eigenvalue weighted by molar-refractivity contribution is 7.71. The van der Waals surface area contributed by atoms with E-state index in [0.717, 1.165) is 18.9 Å². The lowest BCUT2D eigenvalue weighted by atomic mass is 10.0. The number of aromatic amines is 2. The minimum Gasteiger partial charge on any atom is -0.370 e. The molecule has 66 valence electrons. The second-order valence-electron chi connectivity index (χ2n) is 3.11. The highest BCUT2D eigenvalue weighted by Gasteiger charge is 2.27. The monoisotopic (exact) mass is 185 g/mol. The van der Waals surface area contributed by atoms with Crippen molar-refractivity contribution in [3.05, 3.63) is 10.6 Å². The van der Waals surface area contributed by atoms with E-state index in [1.54, 1.807) is 0 Å². The van der Waals surface area contributed by atoms with E-state index in [1.807, 2.05) is 0 Å². The molecule has 0 aliphatic carbocycles. The van der Waals surface area contributed by atoms with Gasteiger partial charge in [0.25, 0.3) is 0 Å². The van der Waals surface area contributed by atoms with Gasteiger partial charge in [-0.2, -0.15) is 0 Å². The lowest BCUT2D eigenvalue weighted by Gasteiger charge is -2.09. The van der Waals surface area contributed by atoms with Crippen molar-refractivity contribution in [2.75, 3.05) is 6.61 Å². The first-order valence-electron chi connectivity index (χ1n) is 4.03. The number of H-pyrrole nitrogens is 2. The lowest BCUT2D eigenvalue weighted by Crippen LogP contribution is -2.05. The average Bonchev–Trinajstić information content (AvgIpc) is 2.58. The summed E-state index contributed by atoms with van der Waals surface area (Å²) >= 11 is 4.85. The van der Waals surface area contributed by atoms with E-state index >= 15 is 0 Å². The molecule has 1 aliphatic heterocycles. The van der Waals surface area contributed by atoms with Crippen LogP contribution in [0.4, 0.5) is 0 Å². The van der Waals surface area contributed by atoms with Crippen LogP contribution in [0.15, 0.2) is 0 Å². The zero-order valence-corrected chi connectivity index (χ0v) is 7.65. The fourth-order valence-electron chi connectivity index (χ4n) is 1.46. The van der Waals surface area contributed by atoms with Gasteiger partial charge in [0.1, 0.15) is 6.10 Å². The maximum Gasteiger partial charge on any atom is 0.213 e. The van der Waals surface area contributed by atoms with Gasteiger partial charge in [0.2, 0.25) is 4.77 Å². The highest BCUT2D eigenvalue weighted by atomic mass is 32.1. The molecule has 0 amide bonds. The molecule has 5 heteroatoms. The van der Waals surface area contributed by atoms with Crippen LogP contribution in [0.25, 0.3) is 0 Å². The van der Waals surface area contributed by atoms with Gasteiger partial charge >= 0.3 is 0 Å². The molecule has 1 aromatic rings. The molecule has 2 N–H and O–H groups in total. The Morgan fingerprint density at radius 1 is 1.58 bits per heavy atom. The largest absolute Gasteiger partial charge is 0.370 e. The van der Waals surface area contributed by atoms with Gasteiger partial charge in [-0.3, -0.25) is 10.2 Å². The summed E-state index contributed by atoms with van der Waals surface area (Å²) in [4.78, 5) is 4.12. The van der Waals surface area contributed by atoms with Crippen molar-refractivity contribution in [2.45, 2.75) is 19.4 Å². The van der Waals surface area contributed by atoms with Crippen LogP contribution < -0.4 is 0 Å². The number of nitrogens with zero attached hydrogens (tertiary/aromatic N) is 1. The fraction of sp³-hybridized carbons (Fsp3) is 0.714. The second-order valence-corrected chi connectivity index (χ2v) is 3.50. The molecule has 1 aliphatic rings. The van der Waals surface area contributed by atoms with E-state index in [4.69, 9.17) is 17.0 Å². The molecule has 1 fully saturated rings. The molecule has 0 aromatic carbocycles. The van der Waals surface area contributed by atoms with Crippen molar-refractivity contribution in [1.29, 1.82) is 0 Å². The minimum atomic E-state index is 0.0953. The average molecular weight is 185 g/mol. The van der Waals surface area contributed by atoms with E-state index in [9.17, 15) is 0 Å². The van der Waals surface area contributed by atoms with Crippen LogP contribution in [0, 0.1) is 10.7 Å². The molecule has 1 aromatic heterocycles. The van der Waals surface area contributed by atoms with Gasteiger partial charge in [-0.1, -0.05) is 6.92 Å². The van der Waals surface area contributed by atoms with E-state index in [0.29, 0.717) is 10.7 Å². The molecule has 2 atom stereocenters. The van der Waals surface area contributed by atoms with Crippen LogP contribution in [-0.2, 0) is 4.74 Å². The van der Waals surface area contributed by atoms with Crippen LogP contribution in [0.2, 0.25) is 0 Å². The molecule has 2 heterocycles. The van der Waals surface area contributed by atoms with Gasteiger partial charge < -0.3 is 4.74 Å². The number of ether oxygens (including phenoxy) is 1. The van der Waals surface area contributed by atoms with Gasteiger partial charge in [-0.15, -0.1) is 0 Å². The summed E-state index contributed by atoms with van der Waals surface area (Å²) in [5.74, 6) is 1.35. The van der Waals surface area contributed by atoms with Crippen LogP contribution in [0.1, 0.15) is 25.3 Å². The fourth-order valence-corrected chi connectivity index (χ4v) is 1.61. The maximum absolute atomic E-state index is 5.50. The molecule has 1 saturated heterocycles. The quantitative estimate of drug-likeness (QED) is 0.653. The maximum atomic E-state index is 5.50. The van der Waals surface area contributed by atoms with Crippen LogP contribution in [-0.4, -0.2) is 21.8 Å². The Labute approximate surface area is 75.3 Å². The summed E-state index contributed by atoms with van der Waals surface area (Å²) in [5, 5.41) is 5.68. The van der Waals surface area contributed by atoms with Gasteiger partial charge in [-0.05, 0) is 24.6 Å². The van der Waals surface area contributed by atoms with E-state index in [-0.39, 0.29) is 6.10 Å². The Morgan fingerprint density at radius 3 is 2.92 bits per heavy atom. The van der Waals surface area contributed by atoms with Crippen molar-refractivity contribution in [3.8, 4) is 0 Å². The van der Waals surface area contributed by atoms with Crippen molar-refractivity contribution in [2.24, 2.45) is 5.92 Å². The first kappa shape index (κ1) is 7.94. The number of hydrogen-bond acceptors (Lipinski definition) is 3. The van der Waals surface area contributed by atoms with Gasteiger partial charge in [0.05, 0.1) is 0 Å². The summed E-state index contributed by atoms with van der Waals surface area (Å²) < 4.78 is 6.00. The second kappa shape index (κ2) is 2.99. The molecular weight excluding hydrogens is 174 g/mol. The molecule has 2 unspecified atom stereocenters. The third kappa shape index (κ3) is 1.30. The number of hydrogen-bond donors (Lipinski definition) is 2. The third-order valence-corrected chi connectivity index (χ3v) is 2.37. The zero-order chi connectivity index (χ0) is 8.55. The highest BCUT2D eigenvalue weighted by Crippen LogP contribution is 2.31. The molecule has 0 spiro atoms. The van der Waals surface area contributed by atoms with Crippen LogP contribution >= 0.6 is 12.2 Å². The van der Waals surface area contributed by atoms with Crippen LogP contribution in [0.5, 0.6) is 0 Å². The molecule has 12 heavy (non-hydrogen) atoms. The predicted octanol–water partition coefficient (Wildman–Crippen LogP) is 1.56. The molecular formula is C7H11N3OS.